The molecule has 0 fully saturated rings. The molecule has 0 bridgehead atoms. The minimum Gasteiger partial charge on any atom is -0.382 e. The van der Waals surface area contributed by atoms with Gasteiger partial charge in [0.1, 0.15) is 0 Å². The zero-order valence-corrected chi connectivity index (χ0v) is 11.9. The predicted molar refractivity (Wildman–Crippen MR) is 83.7 cm³/mol. The normalized spacial score (nSPS) is 12.1. The maximum atomic E-state index is 3.63. The SMILES string of the molecule is CCc1ccccc1NC(C)CCc1ccccc1. The lowest BCUT2D eigenvalue weighted by molar-refractivity contribution is 0.705. The summed E-state index contributed by atoms with van der Waals surface area (Å²) in [4.78, 5) is 0. The van der Waals surface area contributed by atoms with Crippen LogP contribution in [-0.4, -0.2) is 6.04 Å². The van der Waals surface area contributed by atoms with Crippen LogP contribution in [-0.2, 0) is 12.8 Å². The number of hydrogen-bond acceptors (Lipinski definition) is 1. The molecule has 2 aromatic rings. The molecule has 2 aromatic carbocycles. The van der Waals surface area contributed by atoms with E-state index >= 15 is 0 Å². The number of hydrogen-bond donors (Lipinski definition) is 1. The smallest absolute Gasteiger partial charge is 0.0374 e. The Morgan fingerprint density at radius 3 is 2.37 bits per heavy atom. The molecule has 1 N–H and O–H groups in total. The van der Waals surface area contributed by atoms with Gasteiger partial charge in [0.05, 0.1) is 0 Å². The van der Waals surface area contributed by atoms with Crippen LogP contribution in [0.4, 0.5) is 5.69 Å². The Bertz CT molecular complexity index is 490. The summed E-state index contributed by atoms with van der Waals surface area (Å²) in [5, 5.41) is 3.63. The van der Waals surface area contributed by atoms with Gasteiger partial charge >= 0.3 is 0 Å². The molecule has 100 valence electrons. The predicted octanol–water partition coefficient (Wildman–Crippen LogP) is 4.68. The molecule has 1 atom stereocenters. The van der Waals surface area contributed by atoms with E-state index in [0.29, 0.717) is 6.04 Å². The summed E-state index contributed by atoms with van der Waals surface area (Å²) in [7, 11) is 0. The lowest BCUT2D eigenvalue weighted by Crippen LogP contribution is -2.17. The Balaban J connectivity index is 1.89. The fourth-order valence-electron chi connectivity index (χ4n) is 2.33. The van der Waals surface area contributed by atoms with Crippen LogP contribution in [0.5, 0.6) is 0 Å². The van der Waals surface area contributed by atoms with Crippen molar-refractivity contribution in [2.75, 3.05) is 5.32 Å². The van der Waals surface area contributed by atoms with E-state index in [1.54, 1.807) is 0 Å². The molecule has 19 heavy (non-hydrogen) atoms. The summed E-state index contributed by atoms with van der Waals surface area (Å²) in [6.07, 6.45) is 3.36. The van der Waals surface area contributed by atoms with Crippen molar-refractivity contribution in [3.05, 3.63) is 65.7 Å². The lowest BCUT2D eigenvalue weighted by Gasteiger charge is -2.17. The van der Waals surface area contributed by atoms with E-state index in [1.807, 2.05) is 0 Å². The molecular formula is C18H23N. The van der Waals surface area contributed by atoms with Crippen molar-refractivity contribution in [2.24, 2.45) is 0 Å². The van der Waals surface area contributed by atoms with Gasteiger partial charge in [-0.3, -0.25) is 0 Å². The molecule has 0 spiro atoms. The van der Waals surface area contributed by atoms with Gasteiger partial charge in [0.15, 0.2) is 0 Å². The average Bonchev–Trinajstić information content (AvgIpc) is 2.47. The van der Waals surface area contributed by atoms with Gasteiger partial charge in [-0.15, -0.1) is 0 Å². The molecule has 0 saturated carbocycles. The maximum Gasteiger partial charge on any atom is 0.0374 e. The van der Waals surface area contributed by atoms with Gasteiger partial charge < -0.3 is 5.32 Å². The van der Waals surface area contributed by atoms with E-state index < -0.39 is 0 Å². The van der Waals surface area contributed by atoms with Gasteiger partial charge in [0, 0.05) is 11.7 Å². The monoisotopic (exact) mass is 253 g/mol. The molecule has 1 heteroatoms. The fraction of sp³-hybridized carbons (Fsp3) is 0.333. The van der Waals surface area contributed by atoms with E-state index in [1.165, 1.54) is 16.8 Å². The Labute approximate surface area is 116 Å². The van der Waals surface area contributed by atoms with E-state index in [4.69, 9.17) is 0 Å². The molecule has 0 radical (unpaired) electrons. The zero-order chi connectivity index (χ0) is 13.5. The van der Waals surface area contributed by atoms with E-state index in [9.17, 15) is 0 Å². The van der Waals surface area contributed by atoms with Crippen LogP contribution in [0.2, 0.25) is 0 Å². The molecule has 1 nitrogen and oxygen atoms in total. The molecule has 0 aliphatic carbocycles. The second-order valence-corrected chi connectivity index (χ2v) is 5.08. The summed E-state index contributed by atoms with van der Waals surface area (Å²) in [5.74, 6) is 0. The van der Waals surface area contributed by atoms with Crippen LogP contribution in [0.1, 0.15) is 31.4 Å². The third-order valence-electron chi connectivity index (χ3n) is 3.51. The Morgan fingerprint density at radius 2 is 1.63 bits per heavy atom. The van der Waals surface area contributed by atoms with E-state index in [0.717, 1.165) is 19.3 Å². The Hall–Kier alpha value is -1.76. The standard InChI is InChI=1S/C18H23N/c1-3-17-11-7-8-12-18(17)19-15(2)13-14-16-9-5-4-6-10-16/h4-12,15,19H,3,13-14H2,1-2H3. The Kier molecular flexibility index (Phi) is 5.02. The van der Waals surface area contributed by atoms with Crippen LogP contribution in [0.15, 0.2) is 54.6 Å². The number of benzene rings is 2. The third-order valence-corrected chi connectivity index (χ3v) is 3.51. The molecule has 0 heterocycles. The van der Waals surface area contributed by atoms with Gasteiger partial charge in [-0.2, -0.15) is 0 Å². The van der Waals surface area contributed by atoms with Crippen molar-refractivity contribution < 1.29 is 0 Å². The zero-order valence-electron chi connectivity index (χ0n) is 11.9. The van der Waals surface area contributed by atoms with Crippen molar-refractivity contribution in [1.29, 1.82) is 0 Å². The Morgan fingerprint density at radius 1 is 0.947 bits per heavy atom. The van der Waals surface area contributed by atoms with E-state index in [2.05, 4.69) is 73.8 Å². The van der Waals surface area contributed by atoms with Crippen LogP contribution in [0.25, 0.3) is 0 Å². The molecule has 0 amide bonds. The summed E-state index contributed by atoms with van der Waals surface area (Å²) < 4.78 is 0. The third kappa shape index (κ3) is 4.13. The topological polar surface area (TPSA) is 12.0 Å². The molecule has 0 aliphatic heterocycles. The number of anilines is 1. The molecule has 0 aromatic heterocycles. The average molecular weight is 253 g/mol. The number of rotatable bonds is 6. The van der Waals surface area contributed by atoms with Crippen LogP contribution in [0, 0.1) is 0 Å². The number of aryl methyl sites for hydroxylation is 2. The summed E-state index contributed by atoms with van der Waals surface area (Å²) in [6.45, 7) is 4.46. The lowest BCUT2D eigenvalue weighted by atomic mass is 10.0. The highest BCUT2D eigenvalue weighted by molar-refractivity contribution is 5.51. The minimum atomic E-state index is 0.493. The fourth-order valence-corrected chi connectivity index (χ4v) is 2.33. The van der Waals surface area contributed by atoms with Crippen LogP contribution in [0.3, 0.4) is 0 Å². The summed E-state index contributed by atoms with van der Waals surface area (Å²) in [6, 6.07) is 19.8. The highest BCUT2D eigenvalue weighted by Crippen LogP contribution is 2.17. The molecule has 0 aliphatic rings. The highest BCUT2D eigenvalue weighted by Gasteiger charge is 2.05. The first-order valence-corrected chi connectivity index (χ1v) is 7.18. The van der Waals surface area contributed by atoms with Crippen molar-refractivity contribution in [3.63, 3.8) is 0 Å². The quantitative estimate of drug-likeness (QED) is 0.788. The van der Waals surface area contributed by atoms with Gasteiger partial charge in [-0.05, 0) is 43.4 Å². The largest absolute Gasteiger partial charge is 0.382 e. The summed E-state index contributed by atoms with van der Waals surface area (Å²) in [5.41, 5.74) is 4.10. The van der Waals surface area contributed by atoms with Crippen molar-refractivity contribution in [3.8, 4) is 0 Å². The van der Waals surface area contributed by atoms with Gasteiger partial charge in [0.2, 0.25) is 0 Å². The second-order valence-electron chi connectivity index (χ2n) is 5.08. The molecule has 1 unspecified atom stereocenters. The molecule has 2 rings (SSSR count). The first kappa shape index (κ1) is 13.7. The van der Waals surface area contributed by atoms with Gasteiger partial charge in [-0.1, -0.05) is 55.5 Å². The maximum absolute atomic E-state index is 3.63. The molecular weight excluding hydrogens is 230 g/mol. The number of para-hydroxylation sites is 1. The van der Waals surface area contributed by atoms with Crippen LogP contribution < -0.4 is 5.32 Å². The van der Waals surface area contributed by atoms with E-state index in [-0.39, 0.29) is 0 Å². The highest BCUT2D eigenvalue weighted by atomic mass is 14.9. The van der Waals surface area contributed by atoms with Gasteiger partial charge in [-0.25, -0.2) is 0 Å². The van der Waals surface area contributed by atoms with Crippen LogP contribution >= 0.6 is 0 Å². The van der Waals surface area contributed by atoms with Gasteiger partial charge in [0.25, 0.3) is 0 Å². The number of nitrogens with one attached hydrogen (secondary N) is 1. The first-order valence-electron chi connectivity index (χ1n) is 7.18. The van der Waals surface area contributed by atoms with Crippen molar-refractivity contribution in [1.82, 2.24) is 0 Å². The summed E-state index contributed by atoms with van der Waals surface area (Å²) >= 11 is 0. The first-order chi connectivity index (χ1) is 9.29. The van der Waals surface area contributed by atoms with Crippen molar-refractivity contribution in [2.45, 2.75) is 39.2 Å². The second kappa shape index (κ2) is 6.98. The minimum absolute atomic E-state index is 0.493. The van der Waals surface area contributed by atoms with Crippen molar-refractivity contribution >= 4 is 5.69 Å². The molecule has 0 saturated heterocycles.